The van der Waals surface area contributed by atoms with E-state index in [4.69, 9.17) is 4.74 Å². The van der Waals surface area contributed by atoms with Crippen LogP contribution < -0.4 is 4.74 Å². The van der Waals surface area contributed by atoms with Crippen LogP contribution in [0.3, 0.4) is 0 Å². The molecule has 0 radical (unpaired) electrons. The highest BCUT2D eigenvalue weighted by Crippen LogP contribution is 2.22. The van der Waals surface area contributed by atoms with E-state index >= 15 is 0 Å². The molecule has 3 rings (SSSR count). The van der Waals surface area contributed by atoms with Crippen molar-refractivity contribution in [2.24, 2.45) is 0 Å². The standard InChI is InChI=1S/C18H14OS/c1-2-5-16(6-3-1)19-17-11-8-15(9-12-17)10-13-18-7-4-14-20-18/h1-14H. The normalized spacial score (nSPS) is 10.8. The van der Waals surface area contributed by atoms with Crippen LogP contribution in [0.15, 0.2) is 72.1 Å². The van der Waals surface area contributed by atoms with Crippen molar-refractivity contribution >= 4 is 23.5 Å². The Hall–Kier alpha value is -2.32. The van der Waals surface area contributed by atoms with E-state index in [1.165, 1.54) is 10.4 Å². The molecule has 1 nitrogen and oxygen atoms in total. The molecule has 1 aromatic heterocycles. The van der Waals surface area contributed by atoms with Gasteiger partial charge in [0, 0.05) is 4.88 Å². The smallest absolute Gasteiger partial charge is 0.127 e. The Labute approximate surface area is 122 Å². The third-order valence-electron chi connectivity index (χ3n) is 2.84. The topological polar surface area (TPSA) is 9.23 Å². The second kappa shape index (κ2) is 6.22. The van der Waals surface area contributed by atoms with Gasteiger partial charge in [-0.2, -0.15) is 0 Å². The van der Waals surface area contributed by atoms with Crippen molar-refractivity contribution < 1.29 is 4.74 Å². The van der Waals surface area contributed by atoms with Crippen molar-refractivity contribution in [3.05, 3.63) is 82.6 Å². The van der Waals surface area contributed by atoms with E-state index in [-0.39, 0.29) is 0 Å². The van der Waals surface area contributed by atoms with Gasteiger partial charge < -0.3 is 4.74 Å². The molecule has 0 amide bonds. The van der Waals surface area contributed by atoms with Crippen molar-refractivity contribution in [2.75, 3.05) is 0 Å². The van der Waals surface area contributed by atoms with E-state index in [0.29, 0.717) is 0 Å². The Bertz CT molecular complexity index is 667. The van der Waals surface area contributed by atoms with Gasteiger partial charge in [-0.15, -0.1) is 11.3 Å². The van der Waals surface area contributed by atoms with Gasteiger partial charge in [0.2, 0.25) is 0 Å². The van der Waals surface area contributed by atoms with Gasteiger partial charge in [-0.3, -0.25) is 0 Å². The molecule has 0 atom stereocenters. The Morgan fingerprint density at radius 2 is 1.45 bits per heavy atom. The molecule has 0 unspecified atom stereocenters. The van der Waals surface area contributed by atoms with Crippen LogP contribution in [0.1, 0.15) is 10.4 Å². The molecule has 0 fully saturated rings. The predicted octanol–water partition coefficient (Wildman–Crippen LogP) is 5.71. The number of ether oxygens (including phenoxy) is 1. The summed E-state index contributed by atoms with van der Waals surface area (Å²) in [6.45, 7) is 0. The molecule has 3 aromatic rings. The van der Waals surface area contributed by atoms with E-state index in [9.17, 15) is 0 Å². The molecular formula is C18H14OS. The summed E-state index contributed by atoms with van der Waals surface area (Å²) >= 11 is 1.74. The van der Waals surface area contributed by atoms with E-state index in [0.717, 1.165) is 11.5 Å². The van der Waals surface area contributed by atoms with Crippen molar-refractivity contribution in [1.82, 2.24) is 0 Å². The average Bonchev–Trinajstić information content (AvgIpc) is 3.01. The fourth-order valence-electron chi connectivity index (χ4n) is 1.84. The Morgan fingerprint density at radius 1 is 0.700 bits per heavy atom. The van der Waals surface area contributed by atoms with E-state index < -0.39 is 0 Å². The minimum Gasteiger partial charge on any atom is -0.457 e. The Balaban J connectivity index is 1.68. The molecule has 0 N–H and O–H groups in total. The molecule has 20 heavy (non-hydrogen) atoms. The van der Waals surface area contributed by atoms with Gasteiger partial charge in [0.1, 0.15) is 11.5 Å². The average molecular weight is 278 g/mol. The van der Waals surface area contributed by atoms with Crippen LogP contribution in [0.5, 0.6) is 11.5 Å². The molecule has 98 valence electrons. The highest BCUT2D eigenvalue weighted by molar-refractivity contribution is 7.10. The predicted molar refractivity (Wildman–Crippen MR) is 86.2 cm³/mol. The van der Waals surface area contributed by atoms with E-state index in [2.05, 4.69) is 41.8 Å². The largest absolute Gasteiger partial charge is 0.457 e. The van der Waals surface area contributed by atoms with Crippen LogP contribution >= 0.6 is 11.3 Å². The van der Waals surface area contributed by atoms with Crippen LogP contribution in [-0.4, -0.2) is 0 Å². The highest BCUT2D eigenvalue weighted by atomic mass is 32.1. The summed E-state index contributed by atoms with van der Waals surface area (Å²) in [7, 11) is 0. The summed E-state index contributed by atoms with van der Waals surface area (Å²) in [5, 5.41) is 2.08. The molecule has 0 aliphatic rings. The monoisotopic (exact) mass is 278 g/mol. The summed E-state index contributed by atoms with van der Waals surface area (Å²) < 4.78 is 5.76. The summed E-state index contributed by atoms with van der Waals surface area (Å²) in [5.41, 5.74) is 1.17. The maximum atomic E-state index is 5.76. The molecule has 2 aromatic carbocycles. The number of hydrogen-bond donors (Lipinski definition) is 0. The maximum Gasteiger partial charge on any atom is 0.127 e. The van der Waals surface area contributed by atoms with Gasteiger partial charge in [0.05, 0.1) is 0 Å². The SMILES string of the molecule is C(=Cc1cccs1)c1ccc(Oc2ccccc2)cc1. The second-order valence-corrected chi connectivity index (χ2v) is 5.31. The van der Waals surface area contributed by atoms with Crippen LogP contribution in [0, 0.1) is 0 Å². The first-order valence-electron chi connectivity index (χ1n) is 6.45. The van der Waals surface area contributed by atoms with Crippen LogP contribution in [0.2, 0.25) is 0 Å². The van der Waals surface area contributed by atoms with Gasteiger partial charge in [-0.1, -0.05) is 42.5 Å². The van der Waals surface area contributed by atoms with Crippen molar-refractivity contribution in [2.45, 2.75) is 0 Å². The lowest BCUT2D eigenvalue weighted by atomic mass is 10.2. The zero-order valence-corrected chi connectivity index (χ0v) is 11.7. The lowest BCUT2D eigenvalue weighted by Gasteiger charge is -2.05. The van der Waals surface area contributed by atoms with E-state index in [1.54, 1.807) is 11.3 Å². The fourth-order valence-corrected chi connectivity index (χ4v) is 2.45. The first kappa shape index (κ1) is 12.7. The minimum absolute atomic E-state index is 0.851. The summed E-state index contributed by atoms with van der Waals surface area (Å²) in [4.78, 5) is 1.26. The number of rotatable bonds is 4. The van der Waals surface area contributed by atoms with Gasteiger partial charge in [-0.05, 0) is 47.4 Å². The Morgan fingerprint density at radius 3 is 2.15 bits per heavy atom. The van der Waals surface area contributed by atoms with Gasteiger partial charge in [-0.25, -0.2) is 0 Å². The molecule has 0 bridgehead atoms. The summed E-state index contributed by atoms with van der Waals surface area (Å²) in [6.07, 6.45) is 4.23. The molecule has 0 saturated carbocycles. The number of benzene rings is 2. The fraction of sp³-hybridized carbons (Fsp3) is 0. The third kappa shape index (κ3) is 3.37. The number of para-hydroxylation sites is 1. The van der Waals surface area contributed by atoms with Crippen molar-refractivity contribution in [3.8, 4) is 11.5 Å². The summed E-state index contributed by atoms with van der Waals surface area (Å²) in [5.74, 6) is 1.71. The molecule has 0 aliphatic heterocycles. The Kier molecular flexibility index (Phi) is 3.95. The first-order chi connectivity index (χ1) is 9.90. The highest BCUT2D eigenvalue weighted by Gasteiger charge is 1.96. The zero-order chi connectivity index (χ0) is 13.6. The quantitative estimate of drug-likeness (QED) is 0.594. The zero-order valence-electron chi connectivity index (χ0n) is 10.9. The minimum atomic E-state index is 0.851. The van der Waals surface area contributed by atoms with Gasteiger partial charge in [0.15, 0.2) is 0 Å². The molecule has 2 heteroatoms. The molecule has 0 saturated heterocycles. The number of hydrogen-bond acceptors (Lipinski definition) is 2. The first-order valence-corrected chi connectivity index (χ1v) is 7.33. The third-order valence-corrected chi connectivity index (χ3v) is 3.68. The number of thiophene rings is 1. The van der Waals surface area contributed by atoms with Crippen LogP contribution in [-0.2, 0) is 0 Å². The maximum absolute atomic E-state index is 5.76. The van der Waals surface area contributed by atoms with Gasteiger partial charge >= 0.3 is 0 Å². The van der Waals surface area contributed by atoms with E-state index in [1.807, 2.05) is 42.5 Å². The second-order valence-electron chi connectivity index (χ2n) is 4.33. The van der Waals surface area contributed by atoms with Crippen molar-refractivity contribution in [3.63, 3.8) is 0 Å². The lowest BCUT2D eigenvalue weighted by molar-refractivity contribution is 0.482. The van der Waals surface area contributed by atoms with Crippen LogP contribution in [0.25, 0.3) is 12.2 Å². The molecular weight excluding hydrogens is 264 g/mol. The van der Waals surface area contributed by atoms with Gasteiger partial charge in [0.25, 0.3) is 0 Å². The van der Waals surface area contributed by atoms with Crippen molar-refractivity contribution in [1.29, 1.82) is 0 Å². The molecule has 0 aliphatic carbocycles. The lowest BCUT2D eigenvalue weighted by Crippen LogP contribution is -1.83. The molecule has 0 spiro atoms. The molecule has 1 heterocycles. The van der Waals surface area contributed by atoms with Crippen LogP contribution in [0.4, 0.5) is 0 Å². The summed E-state index contributed by atoms with van der Waals surface area (Å²) in [6, 6.07) is 22.1.